The summed E-state index contributed by atoms with van der Waals surface area (Å²) in [4.78, 5) is 40.5. The van der Waals surface area contributed by atoms with Crippen LogP contribution >= 0.6 is 0 Å². The molecule has 1 atom stereocenters. The number of likely N-dealkylation sites (tertiary alicyclic amines) is 2. The van der Waals surface area contributed by atoms with Gasteiger partial charge in [-0.05, 0) is 31.2 Å². The van der Waals surface area contributed by atoms with Gasteiger partial charge in [0.05, 0.1) is 0 Å². The molecule has 7 heteroatoms. The fourth-order valence-corrected chi connectivity index (χ4v) is 3.80. The quantitative estimate of drug-likeness (QED) is 0.811. The summed E-state index contributed by atoms with van der Waals surface area (Å²) in [7, 11) is 0. The molecule has 2 aliphatic rings. The van der Waals surface area contributed by atoms with Crippen LogP contribution in [0.5, 0.6) is 0 Å². The van der Waals surface area contributed by atoms with Crippen molar-refractivity contribution in [3.8, 4) is 0 Å². The molecule has 7 nitrogen and oxygen atoms in total. The van der Waals surface area contributed by atoms with Crippen molar-refractivity contribution < 1.29 is 14.4 Å². The third-order valence-electron chi connectivity index (χ3n) is 5.46. The largest absolute Gasteiger partial charge is 0.368 e. The standard InChI is InChI=1S/C20H28N4O3/c21-18(25)17(14-15-6-2-1-3-7-15)22-19(26)16-8-12-24(13-9-16)20(27)23-10-4-5-11-23/h1-3,6-7,16-17H,4-5,8-14H2,(H2,21,25)(H,22,26). The number of urea groups is 1. The molecule has 0 aliphatic carbocycles. The lowest BCUT2D eigenvalue weighted by molar-refractivity contribution is -0.130. The van der Waals surface area contributed by atoms with Crippen LogP contribution in [0.25, 0.3) is 0 Å². The van der Waals surface area contributed by atoms with Gasteiger partial charge in [0, 0.05) is 38.5 Å². The Labute approximate surface area is 159 Å². The number of piperidine rings is 1. The smallest absolute Gasteiger partial charge is 0.319 e. The third-order valence-corrected chi connectivity index (χ3v) is 5.46. The topological polar surface area (TPSA) is 95.7 Å². The van der Waals surface area contributed by atoms with E-state index in [1.807, 2.05) is 40.1 Å². The second kappa shape index (κ2) is 8.88. The number of amides is 4. The van der Waals surface area contributed by atoms with Gasteiger partial charge in [-0.25, -0.2) is 4.79 Å². The number of rotatable bonds is 5. The minimum Gasteiger partial charge on any atom is -0.368 e. The van der Waals surface area contributed by atoms with Gasteiger partial charge in [-0.3, -0.25) is 9.59 Å². The van der Waals surface area contributed by atoms with Gasteiger partial charge in [0.25, 0.3) is 0 Å². The maximum Gasteiger partial charge on any atom is 0.319 e. The highest BCUT2D eigenvalue weighted by Gasteiger charge is 2.31. The average molecular weight is 372 g/mol. The zero-order valence-corrected chi connectivity index (χ0v) is 15.6. The Morgan fingerprint density at radius 2 is 1.59 bits per heavy atom. The van der Waals surface area contributed by atoms with Crippen molar-refractivity contribution in [2.45, 2.75) is 38.1 Å². The van der Waals surface area contributed by atoms with E-state index in [9.17, 15) is 14.4 Å². The molecule has 0 spiro atoms. The fraction of sp³-hybridized carbons (Fsp3) is 0.550. The average Bonchev–Trinajstić information content (AvgIpc) is 3.22. The van der Waals surface area contributed by atoms with Crippen molar-refractivity contribution in [1.29, 1.82) is 0 Å². The zero-order valence-electron chi connectivity index (χ0n) is 15.6. The second-order valence-electron chi connectivity index (χ2n) is 7.39. The van der Waals surface area contributed by atoms with E-state index < -0.39 is 11.9 Å². The SMILES string of the molecule is NC(=O)C(Cc1ccccc1)NC(=O)C1CCN(C(=O)N2CCCC2)CC1. The number of primary amides is 1. The molecule has 3 N–H and O–H groups in total. The normalized spacial score (nSPS) is 19.0. The van der Waals surface area contributed by atoms with Gasteiger partial charge in [0.2, 0.25) is 11.8 Å². The van der Waals surface area contributed by atoms with E-state index in [1.165, 1.54) is 0 Å². The predicted octanol–water partition coefficient (Wildman–Crippen LogP) is 1.13. The van der Waals surface area contributed by atoms with Crippen molar-refractivity contribution in [2.75, 3.05) is 26.2 Å². The van der Waals surface area contributed by atoms with Crippen LogP contribution in [0.3, 0.4) is 0 Å². The minimum atomic E-state index is -0.718. The van der Waals surface area contributed by atoms with Gasteiger partial charge in [-0.2, -0.15) is 0 Å². The van der Waals surface area contributed by atoms with Crippen molar-refractivity contribution in [3.63, 3.8) is 0 Å². The first-order valence-corrected chi connectivity index (χ1v) is 9.72. The van der Waals surface area contributed by atoms with Crippen LogP contribution in [-0.2, 0) is 16.0 Å². The Kier molecular flexibility index (Phi) is 6.32. The van der Waals surface area contributed by atoms with E-state index in [1.54, 1.807) is 0 Å². The van der Waals surface area contributed by atoms with Crippen molar-refractivity contribution >= 4 is 17.8 Å². The number of carbonyl (C=O) groups is 3. The van der Waals surface area contributed by atoms with Gasteiger partial charge in [-0.1, -0.05) is 30.3 Å². The van der Waals surface area contributed by atoms with Crippen LogP contribution < -0.4 is 11.1 Å². The molecule has 4 amide bonds. The van der Waals surface area contributed by atoms with Crippen molar-refractivity contribution in [3.05, 3.63) is 35.9 Å². The third kappa shape index (κ3) is 4.99. The Morgan fingerprint density at radius 3 is 2.19 bits per heavy atom. The van der Waals surface area contributed by atoms with E-state index in [2.05, 4.69) is 5.32 Å². The highest BCUT2D eigenvalue weighted by molar-refractivity contribution is 5.88. The molecule has 3 rings (SSSR count). The summed E-state index contributed by atoms with van der Waals surface area (Å²) >= 11 is 0. The number of nitrogens with zero attached hydrogens (tertiary/aromatic N) is 2. The van der Waals surface area contributed by atoms with Crippen LogP contribution in [0, 0.1) is 5.92 Å². The van der Waals surface area contributed by atoms with Crippen LogP contribution in [0.2, 0.25) is 0 Å². The number of nitrogens with two attached hydrogens (primary N) is 1. The number of benzene rings is 1. The zero-order chi connectivity index (χ0) is 19.2. The number of carbonyl (C=O) groups excluding carboxylic acids is 3. The Hall–Kier alpha value is -2.57. The first-order valence-electron chi connectivity index (χ1n) is 9.72. The van der Waals surface area contributed by atoms with Gasteiger partial charge < -0.3 is 20.9 Å². The Morgan fingerprint density at radius 1 is 1.00 bits per heavy atom. The highest BCUT2D eigenvalue weighted by Crippen LogP contribution is 2.20. The lowest BCUT2D eigenvalue weighted by Gasteiger charge is -2.34. The summed E-state index contributed by atoms with van der Waals surface area (Å²) < 4.78 is 0. The molecule has 27 heavy (non-hydrogen) atoms. The molecule has 146 valence electrons. The lowest BCUT2D eigenvalue weighted by Crippen LogP contribution is -2.51. The fourth-order valence-electron chi connectivity index (χ4n) is 3.80. The van der Waals surface area contributed by atoms with E-state index in [-0.39, 0.29) is 17.9 Å². The summed E-state index contributed by atoms with van der Waals surface area (Å²) in [6, 6.07) is 8.87. The molecule has 2 fully saturated rings. The number of hydrogen-bond acceptors (Lipinski definition) is 3. The van der Waals surface area contributed by atoms with Crippen LogP contribution in [0.4, 0.5) is 4.79 Å². The minimum absolute atomic E-state index is 0.0884. The maximum atomic E-state index is 12.6. The summed E-state index contributed by atoms with van der Waals surface area (Å²) in [6.45, 7) is 2.82. The number of nitrogens with one attached hydrogen (secondary N) is 1. The van der Waals surface area contributed by atoms with Gasteiger partial charge in [0.1, 0.15) is 6.04 Å². The van der Waals surface area contributed by atoms with Crippen molar-refractivity contribution in [1.82, 2.24) is 15.1 Å². The Bertz CT molecular complexity index is 665. The first kappa shape index (κ1) is 19.2. The molecular formula is C20H28N4O3. The van der Waals surface area contributed by atoms with Crippen LogP contribution in [-0.4, -0.2) is 59.9 Å². The van der Waals surface area contributed by atoms with Gasteiger partial charge in [0.15, 0.2) is 0 Å². The predicted molar refractivity (Wildman–Crippen MR) is 102 cm³/mol. The Balaban J connectivity index is 1.50. The molecule has 1 aromatic rings. The second-order valence-corrected chi connectivity index (χ2v) is 7.39. The van der Waals surface area contributed by atoms with E-state index in [0.717, 1.165) is 31.5 Å². The molecule has 0 radical (unpaired) electrons. The van der Waals surface area contributed by atoms with Crippen LogP contribution in [0.15, 0.2) is 30.3 Å². The molecule has 2 heterocycles. The monoisotopic (exact) mass is 372 g/mol. The molecule has 2 aliphatic heterocycles. The molecule has 1 aromatic carbocycles. The summed E-state index contributed by atoms with van der Waals surface area (Å²) in [5.41, 5.74) is 6.43. The summed E-state index contributed by atoms with van der Waals surface area (Å²) in [5.74, 6) is -0.873. The molecular weight excluding hydrogens is 344 g/mol. The number of hydrogen-bond donors (Lipinski definition) is 2. The summed E-state index contributed by atoms with van der Waals surface area (Å²) in [6.07, 6.45) is 3.75. The van der Waals surface area contributed by atoms with E-state index in [0.29, 0.717) is 32.4 Å². The van der Waals surface area contributed by atoms with Gasteiger partial charge >= 0.3 is 6.03 Å². The molecule has 1 unspecified atom stereocenters. The molecule has 0 bridgehead atoms. The maximum absolute atomic E-state index is 12.6. The van der Waals surface area contributed by atoms with E-state index >= 15 is 0 Å². The molecule has 0 aromatic heterocycles. The van der Waals surface area contributed by atoms with Crippen molar-refractivity contribution in [2.24, 2.45) is 11.7 Å². The first-order chi connectivity index (χ1) is 13.0. The molecule has 2 saturated heterocycles. The highest BCUT2D eigenvalue weighted by atomic mass is 16.2. The lowest BCUT2D eigenvalue weighted by atomic mass is 9.95. The van der Waals surface area contributed by atoms with E-state index in [4.69, 9.17) is 5.73 Å². The summed E-state index contributed by atoms with van der Waals surface area (Å²) in [5, 5.41) is 2.81. The molecule has 0 saturated carbocycles. The van der Waals surface area contributed by atoms with Gasteiger partial charge in [-0.15, -0.1) is 0 Å². The van der Waals surface area contributed by atoms with Crippen LogP contribution in [0.1, 0.15) is 31.2 Å².